The lowest BCUT2D eigenvalue weighted by atomic mass is 9.83. The number of rotatable bonds is 29. The number of hydrazone groups is 1. The molecule has 0 radical (unpaired) electrons. The van der Waals surface area contributed by atoms with E-state index in [0.29, 0.717) is 36.2 Å². The number of ether oxygens (including phenoxy) is 3. The normalized spacial score (nSPS) is 17.7. The van der Waals surface area contributed by atoms with Gasteiger partial charge in [0.1, 0.15) is 6.10 Å². The van der Waals surface area contributed by atoms with Gasteiger partial charge in [-0.15, -0.1) is 0 Å². The van der Waals surface area contributed by atoms with Crippen molar-refractivity contribution >= 4 is 59.6 Å². The molecule has 1 aliphatic rings. The van der Waals surface area contributed by atoms with Gasteiger partial charge < -0.3 is 34.6 Å². The zero-order chi connectivity index (χ0) is 54.7. The minimum atomic E-state index is -0.883. The zero-order valence-corrected chi connectivity index (χ0v) is 46.7. The summed E-state index contributed by atoms with van der Waals surface area (Å²) in [5, 5.41) is 9.79. The average Bonchev–Trinajstić information content (AvgIpc) is 3.85. The summed E-state index contributed by atoms with van der Waals surface area (Å²) in [6.45, 7) is 17.9. The number of benzene rings is 2. The molecule has 0 spiro atoms. The summed E-state index contributed by atoms with van der Waals surface area (Å²) < 4.78 is 18.3. The Balaban J connectivity index is 1.76. The molecule has 5 amide bonds. The van der Waals surface area contributed by atoms with Crippen LogP contribution in [-0.2, 0) is 43.0 Å². The molecule has 73 heavy (non-hydrogen) atoms. The number of methoxy groups -OCH3 is 2. The lowest BCUT2D eigenvalue weighted by Crippen LogP contribution is -2.54. The summed E-state index contributed by atoms with van der Waals surface area (Å²) >= 11 is 3.89. The monoisotopic (exact) mass is 1040 g/mol. The van der Waals surface area contributed by atoms with Gasteiger partial charge in [-0.25, -0.2) is 10.2 Å². The van der Waals surface area contributed by atoms with Crippen LogP contribution in [0.1, 0.15) is 128 Å². The maximum atomic E-state index is 14.5. The number of carbonyl (C=O) groups excluding carboxylic acids is 7. The molecule has 18 heteroatoms. The van der Waals surface area contributed by atoms with Crippen molar-refractivity contribution in [1.29, 1.82) is 0 Å². The second kappa shape index (κ2) is 30.3. The minimum absolute atomic E-state index is 0.00632. The Kier molecular flexibility index (Phi) is 25.8. The fraction of sp³-hybridized carbons (Fsp3) is 0.636. The summed E-state index contributed by atoms with van der Waals surface area (Å²) in [5.41, 5.74) is 4.54. The van der Waals surface area contributed by atoms with Gasteiger partial charge in [0.2, 0.25) is 29.5 Å². The fourth-order valence-corrected chi connectivity index (χ4v) is 10.1. The number of thiol groups is 1. The first-order valence-corrected chi connectivity index (χ1v) is 26.3. The van der Waals surface area contributed by atoms with E-state index in [9.17, 15) is 33.6 Å². The van der Waals surface area contributed by atoms with Crippen molar-refractivity contribution in [2.24, 2.45) is 34.7 Å². The van der Waals surface area contributed by atoms with Crippen LogP contribution >= 0.6 is 12.6 Å². The summed E-state index contributed by atoms with van der Waals surface area (Å²) in [4.78, 5) is 99.5. The number of ketones is 1. The van der Waals surface area contributed by atoms with Crippen LogP contribution in [0, 0.1) is 29.6 Å². The average molecular weight is 1040 g/mol. The fourth-order valence-electron chi connectivity index (χ4n) is 9.97. The standard InChI is InChI=1S/C55H85N7O10S/c1-15-35(6)50(61(12)54(68)42(33(2)3)30-44(63)49(34(4)5)60(10)11)45(70-13)31-48(66)62-29-19-22-43(62)51(71-14)36(7)53(67)57-38(9)52(40-20-17-16-18-21-40)72-55(69)41-25-23-39(24-26-41)37(8)58-59-46(64)27-28-56-47(65)32-73/h16-18,20-21,23-26,33-36,38,42-43,45,49-52,73H,15,19,22,27-32H2,1-14H3,(H,56,65)(H,57,67)(H,59,64)/b58-37-/t35-,36+,38+,42-,43-,45+,49-,50-,51+,52+/m0/s1. The van der Waals surface area contributed by atoms with Gasteiger partial charge in [0.05, 0.1) is 65.7 Å². The molecule has 0 aliphatic carbocycles. The Morgan fingerprint density at radius 1 is 0.836 bits per heavy atom. The first-order valence-electron chi connectivity index (χ1n) is 25.7. The number of hydrogen-bond donors (Lipinski definition) is 4. The highest BCUT2D eigenvalue weighted by molar-refractivity contribution is 7.81. The van der Waals surface area contributed by atoms with Crippen LogP contribution in [0.3, 0.4) is 0 Å². The smallest absolute Gasteiger partial charge is 0.338 e. The molecule has 3 N–H and O–H groups in total. The van der Waals surface area contributed by atoms with E-state index in [1.807, 2.05) is 90.9 Å². The third-order valence-corrected chi connectivity index (χ3v) is 14.5. The third-order valence-electron chi connectivity index (χ3n) is 14.2. The van der Waals surface area contributed by atoms with Crippen molar-refractivity contribution in [1.82, 2.24) is 30.8 Å². The van der Waals surface area contributed by atoms with Gasteiger partial charge >= 0.3 is 5.97 Å². The minimum Gasteiger partial charge on any atom is -0.452 e. The first-order chi connectivity index (χ1) is 34.5. The number of likely N-dealkylation sites (tertiary alicyclic amines) is 1. The molecule has 1 heterocycles. The van der Waals surface area contributed by atoms with Crippen LogP contribution in [0.25, 0.3) is 0 Å². The molecule has 0 bridgehead atoms. The molecule has 2 aromatic carbocycles. The largest absolute Gasteiger partial charge is 0.452 e. The molecule has 0 aromatic heterocycles. The maximum absolute atomic E-state index is 14.5. The predicted octanol–water partition coefficient (Wildman–Crippen LogP) is 6.10. The SMILES string of the molecule is CC[C@H](C)[C@@H]([C@@H](CC(=O)N1CCC[C@H]1[C@H](OC)[C@@H](C)C(=O)N[C@H](C)[C@@H](OC(=O)c1ccc(/C(C)=N\NC(=O)CCNC(=O)CS)cc1)c1ccccc1)OC)N(C)C(=O)[C@@H](CC(=O)[C@H](C(C)C)N(C)C)C(C)C. The van der Waals surface area contributed by atoms with Crippen LogP contribution < -0.4 is 16.1 Å². The van der Waals surface area contributed by atoms with Crippen LogP contribution in [0.4, 0.5) is 0 Å². The predicted molar refractivity (Wildman–Crippen MR) is 287 cm³/mol. The molecule has 10 atom stereocenters. The lowest BCUT2D eigenvalue weighted by molar-refractivity contribution is -0.149. The van der Waals surface area contributed by atoms with E-state index < -0.39 is 54.2 Å². The molecule has 0 saturated carbocycles. The number of nitrogens with zero attached hydrogens (tertiary/aromatic N) is 4. The molecule has 1 fully saturated rings. The summed E-state index contributed by atoms with van der Waals surface area (Å²) in [7, 11) is 8.62. The molecule has 3 rings (SSSR count). The molecule has 1 aliphatic heterocycles. The molecule has 2 aromatic rings. The van der Waals surface area contributed by atoms with E-state index in [-0.39, 0.29) is 96.2 Å². The summed E-state index contributed by atoms with van der Waals surface area (Å²) in [5.74, 6) is -3.24. The number of esters is 1. The van der Waals surface area contributed by atoms with E-state index in [1.54, 1.807) is 69.0 Å². The van der Waals surface area contributed by atoms with Crippen molar-refractivity contribution in [3.05, 3.63) is 71.3 Å². The van der Waals surface area contributed by atoms with Gasteiger partial charge in [-0.05, 0) is 81.8 Å². The van der Waals surface area contributed by atoms with E-state index >= 15 is 0 Å². The second-order valence-corrected chi connectivity index (χ2v) is 20.7. The van der Waals surface area contributed by atoms with Crippen LogP contribution in [0.5, 0.6) is 0 Å². The van der Waals surface area contributed by atoms with Gasteiger partial charge in [-0.3, -0.25) is 33.7 Å². The molecule has 17 nitrogen and oxygen atoms in total. The maximum Gasteiger partial charge on any atom is 0.338 e. The third kappa shape index (κ3) is 17.7. The van der Waals surface area contributed by atoms with Gasteiger partial charge in [-0.1, -0.05) is 97.4 Å². The lowest BCUT2D eigenvalue weighted by Gasteiger charge is -2.41. The second-order valence-electron chi connectivity index (χ2n) is 20.4. The Bertz CT molecular complexity index is 2150. The van der Waals surface area contributed by atoms with Gasteiger partial charge in [0.25, 0.3) is 0 Å². The highest BCUT2D eigenvalue weighted by Gasteiger charge is 2.43. The van der Waals surface area contributed by atoms with E-state index in [2.05, 4.69) is 33.8 Å². The Morgan fingerprint density at radius 2 is 1.47 bits per heavy atom. The highest BCUT2D eigenvalue weighted by atomic mass is 32.1. The van der Waals surface area contributed by atoms with E-state index in [4.69, 9.17) is 14.2 Å². The van der Waals surface area contributed by atoms with Crippen LogP contribution in [0.15, 0.2) is 59.7 Å². The van der Waals surface area contributed by atoms with Crippen molar-refractivity contribution in [3.8, 4) is 0 Å². The number of Topliss-reactive ketones (excluding diaryl/α,β-unsaturated/α-hetero) is 1. The van der Waals surface area contributed by atoms with Gasteiger partial charge in [0.15, 0.2) is 5.78 Å². The number of amides is 5. The van der Waals surface area contributed by atoms with Crippen molar-refractivity contribution in [3.63, 3.8) is 0 Å². The van der Waals surface area contributed by atoms with Gasteiger partial charge in [0, 0.05) is 53.1 Å². The molecule has 1 saturated heterocycles. The number of hydrogen-bond acceptors (Lipinski definition) is 13. The number of likely N-dealkylation sites (N-methyl/N-ethyl adjacent to an activating group) is 2. The highest BCUT2D eigenvalue weighted by Crippen LogP contribution is 2.32. The Morgan fingerprint density at radius 3 is 2.01 bits per heavy atom. The topological polar surface area (TPSA) is 205 Å². The quantitative estimate of drug-likeness (QED) is 0.0317. The van der Waals surface area contributed by atoms with Gasteiger partial charge in [-0.2, -0.15) is 17.7 Å². The van der Waals surface area contributed by atoms with Crippen molar-refractivity contribution < 1.29 is 47.8 Å². The first kappa shape index (κ1) is 62.1. The molecular formula is C55H85N7O10S. The van der Waals surface area contributed by atoms with Crippen LogP contribution in [0.2, 0.25) is 0 Å². The molecule has 0 unspecified atom stereocenters. The van der Waals surface area contributed by atoms with E-state index in [1.165, 1.54) is 7.11 Å². The molecular weight excluding hydrogens is 951 g/mol. The van der Waals surface area contributed by atoms with E-state index in [0.717, 1.165) is 6.42 Å². The Hall–Kier alpha value is -5.17. The molecule has 406 valence electrons. The van der Waals surface area contributed by atoms with Crippen molar-refractivity contribution in [2.45, 2.75) is 143 Å². The summed E-state index contributed by atoms with van der Waals surface area (Å²) in [6.07, 6.45) is -0.0382. The zero-order valence-electron chi connectivity index (χ0n) is 45.8. The Labute approximate surface area is 440 Å². The van der Waals surface area contributed by atoms with Crippen molar-refractivity contribution in [2.75, 3.05) is 54.2 Å². The summed E-state index contributed by atoms with van der Waals surface area (Å²) in [6, 6.07) is 13.8. The number of carbonyl (C=O) groups is 7. The number of nitrogens with one attached hydrogen (secondary N) is 3. The van der Waals surface area contributed by atoms with Crippen LogP contribution in [-0.4, -0.2) is 152 Å².